The van der Waals surface area contributed by atoms with Gasteiger partial charge < -0.3 is 0 Å². The Bertz CT molecular complexity index is 3450. The van der Waals surface area contributed by atoms with E-state index in [1.54, 1.807) is 12.4 Å². The Morgan fingerprint density at radius 2 is 0.746 bits per heavy atom. The molecule has 0 amide bonds. The minimum absolute atomic E-state index is 0.586. The summed E-state index contributed by atoms with van der Waals surface area (Å²) in [6.07, 6.45) is 3.61. The standard InChI is InChI=1S/C60H41N7/c1-40-15-13-26-54(62-40)48-31-32-50(53(38-48)51-24-11-12-25-52(51)56-39-55(43-16-5-2-6-17-43)63-57(64-56)44-18-7-3-8-19-44)42-27-29-46(30-28-42)59-65-58(45-20-9-4-10-21-45)66-60(67-59)49-23-14-22-47(37-49)41-33-35-61-36-34-41/h2-39H,1H3. The van der Waals surface area contributed by atoms with Gasteiger partial charge in [-0.15, -0.1) is 0 Å². The summed E-state index contributed by atoms with van der Waals surface area (Å²) in [6, 6.07) is 74.7. The fourth-order valence-corrected chi connectivity index (χ4v) is 8.41. The summed E-state index contributed by atoms with van der Waals surface area (Å²) in [7, 11) is 0. The van der Waals surface area contributed by atoms with E-state index in [0.29, 0.717) is 23.3 Å². The van der Waals surface area contributed by atoms with Crippen molar-refractivity contribution in [3.8, 4) is 113 Å². The highest BCUT2D eigenvalue weighted by Gasteiger charge is 2.19. The topological polar surface area (TPSA) is 90.2 Å². The van der Waals surface area contributed by atoms with E-state index in [2.05, 4.69) is 126 Å². The molecule has 4 aromatic heterocycles. The van der Waals surface area contributed by atoms with Gasteiger partial charge in [-0.25, -0.2) is 24.9 Å². The number of hydrogen-bond acceptors (Lipinski definition) is 7. The summed E-state index contributed by atoms with van der Waals surface area (Å²) in [6.45, 7) is 2.03. The summed E-state index contributed by atoms with van der Waals surface area (Å²) in [5.74, 6) is 2.45. The molecule has 7 aromatic carbocycles. The third-order valence-electron chi connectivity index (χ3n) is 11.8. The molecule has 67 heavy (non-hydrogen) atoms. The minimum Gasteiger partial charge on any atom is -0.265 e. The maximum absolute atomic E-state index is 5.26. The molecule has 0 atom stereocenters. The van der Waals surface area contributed by atoms with Crippen LogP contribution in [-0.4, -0.2) is 34.9 Å². The number of rotatable bonds is 10. The summed E-state index contributed by atoms with van der Waals surface area (Å²) < 4.78 is 0. The second-order valence-electron chi connectivity index (χ2n) is 16.2. The van der Waals surface area contributed by atoms with E-state index in [-0.39, 0.29) is 0 Å². The summed E-state index contributed by atoms with van der Waals surface area (Å²) in [5, 5.41) is 0. The Kier molecular flexibility index (Phi) is 11.1. The van der Waals surface area contributed by atoms with Gasteiger partial charge in [-0.05, 0) is 82.8 Å². The first-order valence-electron chi connectivity index (χ1n) is 22.2. The van der Waals surface area contributed by atoms with E-state index >= 15 is 0 Å². The fraction of sp³-hybridized carbons (Fsp3) is 0.0167. The molecule has 0 aliphatic carbocycles. The predicted octanol–water partition coefficient (Wildman–Crippen LogP) is 14.4. The van der Waals surface area contributed by atoms with Gasteiger partial charge in [-0.3, -0.25) is 9.97 Å². The van der Waals surface area contributed by atoms with Crippen molar-refractivity contribution in [3.63, 3.8) is 0 Å². The Balaban J connectivity index is 1.04. The normalized spacial score (nSPS) is 11.1. The van der Waals surface area contributed by atoms with Gasteiger partial charge in [-0.1, -0.05) is 176 Å². The molecule has 316 valence electrons. The number of aryl methyl sites for hydroxylation is 1. The van der Waals surface area contributed by atoms with Crippen LogP contribution in [0.5, 0.6) is 0 Å². The summed E-state index contributed by atoms with van der Waals surface area (Å²) >= 11 is 0. The maximum atomic E-state index is 5.26. The average Bonchev–Trinajstić information content (AvgIpc) is 3.41. The van der Waals surface area contributed by atoms with Crippen molar-refractivity contribution in [1.29, 1.82) is 0 Å². The first-order chi connectivity index (χ1) is 33.1. The van der Waals surface area contributed by atoms with Gasteiger partial charge in [0.15, 0.2) is 23.3 Å². The van der Waals surface area contributed by atoms with Crippen molar-refractivity contribution >= 4 is 0 Å². The van der Waals surface area contributed by atoms with Gasteiger partial charge in [0.1, 0.15) is 0 Å². The Morgan fingerprint density at radius 1 is 0.239 bits per heavy atom. The Hall–Kier alpha value is -9.07. The fourth-order valence-electron chi connectivity index (χ4n) is 8.41. The van der Waals surface area contributed by atoms with E-state index in [1.165, 1.54) is 0 Å². The lowest BCUT2D eigenvalue weighted by Gasteiger charge is -2.17. The third-order valence-corrected chi connectivity index (χ3v) is 11.8. The number of benzene rings is 7. The second kappa shape index (κ2) is 18.2. The van der Waals surface area contributed by atoms with Gasteiger partial charge in [0, 0.05) is 57.0 Å². The van der Waals surface area contributed by atoms with Crippen molar-refractivity contribution in [2.24, 2.45) is 0 Å². The van der Waals surface area contributed by atoms with Crippen LogP contribution in [-0.2, 0) is 0 Å². The first-order valence-corrected chi connectivity index (χ1v) is 22.2. The van der Waals surface area contributed by atoms with Crippen molar-refractivity contribution < 1.29 is 0 Å². The molecule has 11 rings (SSSR count). The molecule has 0 saturated heterocycles. The van der Waals surface area contributed by atoms with Crippen LogP contribution >= 0.6 is 0 Å². The van der Waals surface area contributed by atoms with Crippen LogP contribution in [0, 0.1) is 6.92 Å². The largest absolute Gasteiger partial charge is 0.265 e. The lowest BCUT2D eigenvalue weighted by atomic mass is 9.88. The third kappa shape index (κ3) is 8.65. The monoisotopic (exact) mass is 859 g/mol. The maximum Gasteiger partial charge on any atom is 0.164 e. The first kappa shape index (κ1) is 40.7. The van der Waals surface area contributed by atoms with E-state index in [9.17, 15) is 0 Å². The number of hydrogen-bond donors (Lipinski definition) is 0. The molecule has 7 heteroatoms. The highest BCUT2D eigenvalue weighted by molar-refractivity contribution is 5.94. The van der Waals surface area contributed by atoms with Gasteiger partial charge in [0.2, 0.25) is 0 Å². The van der Waals surface area contributed by atoms with Crippen LogP contribution < -0.4 is 0 Å². The molecule has 0 aliphatic rings. The van der Waals surface area contributed by atoms with E-state index in [1.807, 2.05) is 104 Å². The average molecular weight is 860 g/mol. The molecule has 4 heterocycles. The van der Waals surface area contributed by atoms with Crippen LogP contribution in [0.4, 0.5) is 0 Å². The van der Waals surface area contributed by atoms with E-state index in [0.717, 1.165) is 95.1 Å². The summed E-state index contributed by atoms with van der Waals surface area (Å²) in [4.78, 5) is 34.7. The van der Waals surface area contributed by atoms with Gasteiger partial charge in [0.25, 0.3) is 0 Å². The zero-order chi connectivity index (χ0) is 44.9. The van der Waals surface area contributed by atoms with Crippen LogP contribution in [0.25, 0.3) is 113 Å². The highest BCUT2D eigenvalue weighted by Crippen LogP contribution is 2.41. The molecule has 0 fully saturated rings. The van der Waals surface area contributed by atoms with Crippen molar-refractivity contribution in [2.45, 2.75) is 6.92 Å². The molecule has 0 N–H and O–H groups in total. The molecule has 0 bridgehead atoms. The SMILES string of the molecule is Cc1cccc(-c2ccc(-c3ccc(-c4nc(-c5ccccc5)nc(-c5cccc(-c6ccncc6)c5)n4)cc3)c(-c3ccccc3-c3cc(-c4ccccc4)nc(-c4ccccc4)n3)c2)n1. The molecule has 0 saturated carbocycles. The van der Waals surface area contributed by atoms with Crippen LogP contribution in [0.1, 0.15) is 5.69 Å². The van der Waals surface area contributed by atoms with E-state index < -0.39 is 0 Å². The molecule has 0 unspecified atom stereocenters. The van der Waals surface area contributed by atoms with Crippen molar-refractivity contribution in [2.75, 3.05) is 0 Å². The van der Waals surface area contributed by atoms with E-state index in [4.69, 9.17) is 29.9 Å². The Labute approximate surface area is 389 Å². The zero-order valence-corrected chi connectivity index (χ0v) is 36.6. The molecule has 0 radical (unpaired) electrons. The molecule has 7 nitrogen and oxygen atoms in total. The molecular weight excluding hydrogens is 819 g/mol. The quantitative estimate of drug-likeness (QED) is 0.135. The minimum atomic E-state index is 0.586. The predicted molar refractivity (Wildman–Crippen MR) is 270 cm³/mol. The van der Waals surface area contributed by atoms with Crippen LogP contribution in [0.3, 0.4) is 0 Å². The van der Waals surface area contributed by atoms with Crippen molar-refractivity contribution in [3.05, 3.63) is 236 Å². The number of aromatic nitrogens is 7. The molecule has 0 spiro atoms. The van der Waals surface area contributed by atoms with Crippen molar-refractivity contribution in [1.82, 2.24) is 34.9 Å². The molecule has 11 aromatic rings. The van der Waals surface area contributed by atoms with Gasteiger partial charge in [0.05, 0.1) is 17.1 Å². The summed E-state index contributed by atoms with van der Waals surface area (Å²) in [5.41, 5.74) is 16.5. The lowest BCUT2D eigenvalue weighted by Crippen LogP contribution is -2.00. The Morgan fingerprint density at radius 3 is 1.42 bits per heavy atom. The zero-order valence-electron chi connectivity index (χ0n) is 36.6. The molecule has 0 aliphatic heterocycles. The van der Waals surface area contributed by atoms with Gasteiger partial charge >= 0.3 is 0 Å². The van der Waals surface area contributed by atoms with Gasteiger partial charge in [-0.2, -0.15) is 0 Å². The number of pyridine rings is 2. The lowest BCUT2D eigenvalue weighted by molar-refractivity contribution is 1.07. The molecular formula is C60H41N7. The van der Waals surface area contributed by atoms with Crippen LogP contribution in [0.15, 0.2) is 231 Å². The number of nitrogens with zero attached hydrogens (tertiary/aromatic N) is 7. The van der Waals surface area contributed by atoms with Crippen LogP contribution in [0.2, 0.25) is 0 Å². The highest BCUT2D eigenvalue weighted by atomic mass is 15.0. The smallest absolute Gasteiger partial charge is 0.164 e. The second-order valence-corrected chi connectivity index (χ2v) is 16.2.